The molecule has 0 radical (unpaired) electrons. The van der Waals surface area contributed by atoms with E-state index >= 15 is 0 Å². The van der Waals surface area contributed by atoms with Crippen LogP contribution in [0, 0.1) is 11.3 Å². The molecule has 0 saturated heterocycles. The molecular formula is C18H13NO6. The monoisotopic (exact) mass is 339 g/mol. The van der Waals surface area contributed by atoms with Crippen molar-refractivity contribution < 1.29 is 28.2 Å². The van der Waals surface area contributed by atoms with Crippen molar-refractivity contribution in [3.8, 4) is 23.1 Å². The molecule has 126 valence electrons. The van der Waals surface area contributed by atoms with E-state index in [1.165, 1.54) is 6.08 Å². The number of nitriles is 1. The molecule has 1 aliphatic rings. The van der Waals surface area contributed by atoms with Crippen molar-refractivity contribution in [1.29, 1.82) is 5.26 Å². The number of esters is 2. The first kappa shape index (κ1) is 16.3. The van der Waals surface area contributed by atoms with E-state index in [1.807, 2.05) is 0 Å². The van der Waals surface area contributed by atoms with Gasteiger partial charge in [-0.05, 0) is 31.2 Å². The lowest BCUT2D eigenvalue weighted by Crippen LogP contribution is -2.18. The smallest absolute Gasteiger partial charge is 0.349 e. The number of rotatable bonds is 4. The number of furan rings is 1. The molecule has 25 heavy (non-hydrogen) atoms. The highest BCUT2D eigenvalue weighted by Gasteiger charge is 2.20. The maximum Gasteiger partial charge on any atom is 0.349 e. The first-order chi connectivity index (χ1) is 12.1. The van der Waals surface area contributed by atoms with E-state index in [0.29, 0.717) is 28.4 Å². The molecule has 0 fully saturated rings. The summed E-state index contributed by atoms with van der Waals surface area (Å²) in [5, 5.41) is 9.04. The Bertz CT molecular complexity index is 903. The van der Waals surface area contributed by atoms with Crippen LogP contribution in [0.3, 0.4) is 0 Å². The predicted octanol–water partition coefficient (Wildman–Crippen LogP) is 2.92. The first-order valence-corrected chi connectivity index (χ1v) is 7.45. The Morgan fingerprint density at radius 2 is 2.16 bits per heavy atom. The quantitative estimate of drug-likeness (QED) is 0.480. The molecule has 1 aromatic carbocycles. The van der Waals surface area contributed by atoms with Gasteiger partial charge >= 0.3 is 11.9 Å². The fourth-order valence-corrected chi connectivity index (χ4v) is 2.26. The minimum Gasteiger partial charge on any atom is -0.462 e. The van der Waals surface area contributed by atoms with Crippen molar-refractivity contribution in [3.63, 3.8) is 0 Å². The molecule has 1 aliphatic heterocycles. The van der Waals surface area contributed by atoms with Gasteiger partial charge in [0.2, 0.25) is 6.79 Å². The molecule has 2 heterocycles. The summed E-state index contributed by atoms with van der Waals surface area (Å²) < 4.78 is 20.5. The van der Waals surface area contributed by atoms with Crippen molar-refractivity contribution in [3.05, 3.63) is 47.2 Å². The number of cyclic esters (lactones) is 1. The van der Waals surface area contributed by atoms with E-state index in [-0.39, 0.29) is 19.0 Å². The minimum atomic E-state index is -0.705. The SMILES string of the molecule is CCOC(=O)/C(C#N)=C/c1ccc(-c2ccc3c(c2)OCOC3=O)o1. The largest absolute Gasteiger partial charge is 0.462 e. The molecule has 7 heteroatoms. The van der Waals surface area contributed by atoms with Gasteiger partial charge in [-0.3, -0.25) is 0 Å². The summed E-state index contributed by atoms with van der Waals surface area (Å²) in [7, 11) is 0. The second-order valence-corrected chi connectivity index (χ2v) is 5.00. The summed E-state index contributed by atoms with van der Waals surface area (Å²) >= 11 is 0. The van der Waals surface area contributed by atoms with Gasteiger partial charge in [0.05, 0.1) is 6.61 Å². The Morgan fingerprint density at radius 3 is 2.92 bits per heavy atom. The highest BCUT2D eigenvalue weighted by Crippen LogP contribution is 2.31. The van der Waals surface area contributed by atoms with E-state index < -0.39 is 11.9 Å². The second kappa shape index (κ2) is 6.93. The molecule has 7 nitrogen and oxygen atoms in total. The van der Waals surface area contributed by atoms with Crippen molar-refractivity contribution in [2.75, 3.05) is 13.4 Å². The van der Waals surface area contributed by atoms with E-state index in [0.717, 1.165) is 0 Å². The Balaban J connectivity index is 1.88. The fourth-order valence-electron chi connectivity index (χ4n) is 2.26. The Morgan fingerprint density at radius 1 is 1.32 bits per heavy atom. The number of nitrogens with zero attached hydrogens (tertiary/aromatic N) is 1. The van der Waals surface area contributed by atoms with Crippen LogP contribution in [-0.4, -0.2) is 25.3 Å². The van der Waals surface area contributed by atoms with Crippen LogP contribution in [0.5, 0.6) is 5.75 Å². The zero-order chi connectivity index (χ0) is 17.8. The van der Waals surface area contributed by atoms with E-state index in [2.05, 4.69) is 0 Å². The van der Waals surface area contributed by atoms with Crippen LogP contribution in [0.1, 0.15) is 23.0 Å². The third-order valence-electron chi connectivity index (χ3n) is 3.42. The topological polar surface area (TPSA) is 98.8 Å². The third-order valence-corrected chi connectivity index (χ3v) is 3.42. The maximum atomic E-state index is 11.6. The number of benzene rings is 1. The standard InChI is InChI=1S/C18H13NO6/c1-2-22-17(20)12(9-19)7-13-4-6-15(25-13)11-3-5-14-16(8-11)23-10-24-18(14)21/h3-8H,2,10H2,1H3/b12-7+. The van der Waals surface area contributed by atoms with Crippen LogP contribution in [0.2, 0.25) is 0 Å². The number of hydrogen-bond donors (Lipinski definition) is 0. The summed E-state index contributed by atoms with van der Waals surface area (Å²) in [6.07, 6.45) is 1.31. The molecule has 0 unspecified atom stereocenters. The zero-order valence-electron chi connectivity index (χ0n) is 13.3. The molecule has 0 aliphatic carbocycles. The number of fused-ring (bicyclic) bond motifs is 1. The highest BCUT2D eigenvalue weighted by atomic mass is 16.7. The van der Waals surface area contributed by atoms with Gasteiger partial charge in [-0.15, -0.1) is 0 Å². The summed E-state index contributed by atoms with van der Waals surface area (Å²) in [6.45, 7) is 1.71. The van der Waals surface area contributed by atoms with Crippen LogP contribution in [0.4, 0.5) is 0 Å². The number of ether oxygens (including phenoxy) is 3. The molecule has 0 saturated carbocycles. The zero-order valence-corrected chi connectivity index (χ0v) is 13.3. The maximum absolute atomic E-state index is 11.6. The number of hydrogen-bond acceptors (Lipinski definition) is 7. The lowest BCUT2D eigenvalue weighted by Gasteiger charge is -2.16. The lowest BCUT2D eigenvalue weighted by atomic mass is 10.1. The van der Waals surface area contributed by atoms with Crippen molar-refractivity contribution >= 4 is 18.0 Å². The molecule has 0 amide bonds. The predicted molar refractivity (Wildman–Crippen MR) is 85.3 cm³/mol. The molecule has 0 atom stereocenters. The van der Waals surface area contributed by atoms with Crippen LogP contribution < -0.4 is 4.74 Å². The molecule has 2 aromatic rings. The summed E-state index contributed by atoms with van der Waals surface area (Å²) in [6, 6.07) is 10.0. The summed E-state index contributed by atoms with van der Waals surface area (Å²) in [5.41, 5.74) is 0.873. The fraction of sp³-hybridized carbons (Fsp3) is 0.167. The summed E-state index contributed by atoms with van der Waals surface area (Å²) in [4.78, 5) is 23.2. The molecular weight excluding hydrogens is 326 g/mol. The molecule has 1 aromatic heterocycles. The van der Waals surface area contributed by atoms with Crippen LogP contribution in [0.15, 0.2) is 40.3 Å². The van der Waals surface area contributed by atoms with Crippen molar-refractivity contribution in [2.45, 2.75) is 6.92 Å². The molecule has 0 spiro atoms. The van der Waals surface area contributed by atoms with Gasteiger partial charge in [-0.2, -0.15) is 5.26 Å². The Hall–Kier alpha value is -3.53. The van der Waals surface area contributed by atoms with E-state index in [4.69, 9.17) is 23.9 Å². The van der Waals surface area contributed by atoms with Crippen LogP contribution in [-0.2, 0) is 14.3 Å². The Kier molecular flexibility index (Phi) is 4.53. The van der Waals surface area contributed by atoms with Crippen LogP contribution in [0.25, 0.3) is 17.4 Å². The first-order valence-electron chi connectivity index (χ1n) is 7.45. The van der Waals surface area contributed by atoms with Crippen LogP contribution >= 0.6 is 0 Å². The van der Waals surface area contributed by atoms with Gasteiger partial charge < -0.3 is 18.6 Å². The lowest BCUT2D eigenvalue weighted by molar-refractivity contribution is -0.137. The van der Waals surface area contributed by atoms with E-state index in [1.54, 1.807) is 43.3 Å². The number of carbonyl (C=O) groups is 2. The summed E-state index contributed by atoms with van der Waals surface area (Å²) in [5.74, 6) is 0.0921. The highest BCUT2D eigenvalue weighted by molar-refractivity contribution is 5.97. The van der Waals surface area contributed by atoms with Crippen molar-refractivity contribution in [1.82, 2.24) is 0 Å². The minimum absolute atomic E-state index is 0.132. The molecule has 0 bridgehead atoms. The second-order valence-electron chi connectivity index (χ2n) is 5.00. The normalized spacial score (nSPS) is 13.3. The average molecular weight is 339 g/mol. The van der Waals surface area contributed by atoms with E-state index in [9.17, 15) is 9.59 Å². The van der Waals surface area contributed by atoms with Crippen molar-refractivity contribution in [2.24, 2.45) is 0 Å². The van der Waals surface area contributed by atoms with Gasteiger partial charge in [0.25, 0.3) is 0 Å². The third kappa shape index (κ3) is 3.38. The molecule has 0 N–H and O–H groups in total. The van der Waals surface area contributed by atoms with Gasteiger partial charge in [0.1, 0.15) is 34.5 Å². The molecule has 3 rings (SSSR count). The number of carbonyl (C=O) groups excluding carboxylic acids is 2. The van der Waals surface area contributed by atoms with Gasteiger partial charge in [-0.1, -0.05) is 6.07 Å². The Labute approximate surface area is 143 Å². The van der Waals surface area contributed by atoms with Gasteiger partial charge in [0.15, 0.2) is 0 Å². The van der Waals surface area contributed by atoms with Gasteiger partial charge in [0, 0.05) is 11.6 Å². The van der Waals surface area contributed by atoms with Gasteiger partial charge in [-0.25, -0.2) is 9.59 Å². The average Bonchev–Trinajstić information content (AvgIpc) is 3.08.